The van der Waals surface area contributed by atoms with Gasteiger partial charge in [-0.05, 0) is 37.0 Å². The van der Waals surface area contributed by atoms with Gasteiger partial charge in [-0.15, -0.1) is 0 Å². The molecule has 0 atom stereocenters. The Hall–Kier alpha value is -2.88. The van der Waals surface area contributed by atoms with E-state index in [2.05, 4.69) is 64.8 Å². The van der Waals surface area contributed by atoms with Gasteiger partial charge >= 0.3 is 0 Å². The first-order chi connectivity index (χ1) is 12.2. The lowest BCUT2D eigenvalue weighted by Gasteiger charge is -2.14. The molecule has 0 amide bonds. The van der Waals surface area contributed by atoms with E-state index in [0.29, 0.717) is 5.95 Å². The molecule has 0 saturated carbocycles. The Balaban J connectivity index is 1.80. The highest BCUT2D eigenvalue weighted by atomic mass is 15.1. The van der Waals surface area contributed by atoms with Gasteiger partial charge in [0.05, 0.1) is 0 Å². The third kappa shape index (κ3) is 4.35. The van der Waals surface area contributed by atoms with Crippen molar-refractivity contribution in [3.05, 3.63) is 77.0 Å². The van der Waals surface area contributed by atoms with Gasteiger partial charge in [-0.25, -0.2) is 4.98 Å². The maximum atomic E-state index is 4.63. The molecule has 0 fully saturated rings. The lowest BCUT2D eigenvalue weighted by atomic mass is 10.1. The van der Waals surface area contributed by atoms with E-state index >= 15 is 0 Å². The first-order valence-corrected chi connectivity index (χ1v) is 8.64. The topological polar surface area (TPSA) is 49.8 Å². The summed E-state index contributed by atoms with van der Waals surface area (Å²) in [5.74, 6) is 1.45. The Bertz CT molecular complexity index is 844. The summed E-state index contributed by atoms with van der Waals surface area (Å²) in [7, 11) is 0. The van der Waals surface area contributed by atoms with Crippen molar-refractivity contribution in [2.75, 3.05) is 10.6 Å². The van der Waals surface area contributed by atoms with Gasteiger partial charge in [0.2, 0.25) is 5.95 Å². The van der Waals surface area contributed by atoms with Gasteiger partial charge < -0.3 is 10.6 Å². The minimum atomic E-state index is 0.625. The average molecular weight is 332 g/mol. The van der Waals surface area contributed by atoms with E-state index in [-0.39, 0.29) is 0 Å². The first kappa shape index (κ1) is 17.0. The zero-order chi connectivity index (χ0) is 17.6. The van der Waals surface area contributed by atoms with Crippen molar-refractivity contribution in [2.45, 2.75) is 33.7 Å². The fraction of sp³-hybridized carbons (Fsp3) is 0.238. The van der Waals surface area contributed by atoms with E-state index in [1.54, 1.807) is 0 Å². The second kappa shape index (κ2) is 7.79. The number of hydrogen-bond donors (Lipinski definition) is 2. The molecule has 4 heteroatoms. The second-order valence-corrected chi connectivity index (χ2v) is 6.14. The molecule has 2 N–H and O–H groups in total. The van der Waals surface area contributed by atoms with E-state index in [4.69, 9.17) is 0 Å². The fourth-order valence-electron chi connectivity index (χ4n) is 2.82. The normalized spacial score (nSPS) is 10.5. The molecular weight excluding hydrogens is 308 g/mol. The molecule has 128 valence electrons. The number of para-hydroxylation sites is 1. The predicted octanol–water partition coefficient (Wildman–Crippen LogP) is 5.01. The molecular formula is C21H24N4. The highest BCUT2D eigenvalue weighted by Crippen LogP contribution is 2.24. The molecule has 0 spiro atoms. The second-order valence-electron chi connectivity index (χ2n) is 6.14. The molecule has 2 aromatic carbocycles. The standard InChI is InChI=1S/C21H24N4/c1-4-18-12-8-9-15(2)20(18)25-21-23-16(3)13-19(24-21)22-14-17-10-6-5-7-11-17/h5-13H,4,14H2,1-3H3,(H2,22,23,24,25). The fourth-order valence-corrected chi connectivity index (χ4v) is 2.82. The molecule has 0 aliphatic carbocycles. The maximum absolute atomic E-state index is 4.63. The summed E-state index contributed by atoms with van der Waals surface area (Å²) in [6, 6.07) is 18.6. The summed E-state index contributed by atoms with van der Waals surface area (Å²) in [5, 5.41) is 6.79. The van der Waals surface area contributed by atoms with Gasteiger partial charge in [-0.1, -0.05) is 55.5 Å². The van der Waals surface area contributed by atoms with Crippen molar-refractivity contribution in [1.82, 2.24) is 9.97 Å². The van der Waals surface area contributed by atoms with Gasteiger partial charge in [-0.3, -0.25) is 0 Å². The van der Waals surface area contributed by atoms with Crippen LogP contribution in [0.15, 0.2) is 54.6 Å². The number of hydrogen-bond acceptors (Lipinski definition) is 4. The maximum Gasteiger partial charge on any atom is 0.229 e. The van der Waals surface area contributed by atoms with Crippen LogP contribution in [0.1, 0.15) is 29.3 Å². The molecule has 4 nitrogen and oxygen atoms in total. The zero-order valence-electron chi connectivity index (χ0n) is 15.0. The Labute approximate surface area is 149 Å². The number of rotatable bonds is 6. The number of aromatic nitrogens is 2. The molecule has 0 bridgehead atoms. The van der Waals surface area contributed by atoms with Crippen LogP contribution in [0.2, 0.25) is 0 Å². The number of anilines is 3. The van der Waals surface area contributed by atoms with Crippen LogP contribution in [-0.2, 0) is 13.0 Å². The van der Waals surface area contributed by atoms with Crippen LogP contribution in [0.25, 0.3) is 0 Å². The van der Waals surface area contributed by atoms with Crippen LogP contribution < -0.4 is 10.6 Å². The van der Waals surface area contributed by atoms with Crippen molar-refractivity contribution < 1.29 is 0 Å². The molecule has 1 aromatic heterocycles. The molecule has 0 radical (unpaired) electrons. The Morgan fingerprint density at radius 3 is 2.48 bits per heavy atom. The average Bonchev–Trinajstić information content (AvgIpc) is 2.62. The van der Waals surface area contributed by atoms with Crippen molar-refractivity contribution in [3.8, 4) is 0 Å². The van der Waals surface area contributed by atoms with E-state index in [1.165, 1.54) is 16.7 Å². The van der Waals surface area contributed by atoms with Crippen LogP contribution >= 0.6 is 0 Å². The molecule has 1 heterocycles. The SMILES string of the molecule is CCc1cccc(C)c1Nc1nc(C)cc(NCc2ccccc2)n1. The summed E-state index contributed by atoms with van der Waals surface area (Å²) in [5.41, 5.74) is 5.72. The number of nitrogens with zero attached hydrogens (tertiary/aromatic N) is 2. The minimum Gasteiger partial charge on any atom is -0.366 e. The largest absolute Gasteiger partial charge is 0.366 e. The molecule has 0 aliphatic rings. The van der Waals surface area contributed by atoms with Crippen LogP contribution in [0.3, 0.4) is 0 Å². The number of nitrogens with one attached hydrogen (secondary N) is 2. The molecule has 25 heavy (non-hydrogen) atoms. The van der Waals surface area contributed by atoms with Crippen molar-refractivity contribution in [1.29, 1.82) is 0 Å². The van der Waals surface area contributed by atoms with Crippen LogP contribution in [-0.4, -0.2) is 9.97 Å². The molecule has 0 unspecified atom stereocenters. The lowest BCUT2D eigenvalue weighted by Crippen LogP contribution is -2.07. The zero-order valence-corrected chi connectivity index (χ0v) is 15.0. The van der Waals surface area contributed by atoms with Gasteiger partial charge in [0.15, 0.2) is 0 Å². The Morgan fingerprint density at radius 2 is 1.72 bits per heavy atom. The smallest absolute Gasteiger partial charge is 0.229 e. The molecule has 0 saturated heterocycles. The lowest BCUT2D eigenvalue weighted by molar-refractivity contribution is 1.05. The van der Waals surface area contributed by atoms with Crippen molar-refractivity contribution >= 4 is 17.5 Å². The van der Waals surface area contributed by atoms with Crippen LogP contribution in [0.5, 0.6) is 0 Å². The van der Waals surface area contributed by atoms with Gasteiger partial charge in [0.1, 0.15) is 5.82 Å². The van der Waals surface area contributed by atoms with Crippen LogP contribution in [0, 0.1) is 13.8 Å². The van der Waals surface area contributed by atoms with Crippen molar-refractivity contribution in [2.24, 2.45) is 0 Å². The predicted molar refractivity (Wildman–Crippen MR) is 104 cm³/mol. The van der Waals surface area contributed by atoms with E-state index in [0.717, 1.165) is 30.2 Å². The number of aryl methyl sites for hydroxylation is 3. The van der Waals surface area contributed by atoms with E-state index in [1.807, 2.05) is 31.2 Å². The third-order valence-electron chi connectivity index (χ3n) is 4.15. The quantitative estimate of drug-likeness (QED) is 0.666. The summed E-state index contributed by atoms with van der Waals surface area (Å²) in [6.07, 6.45) is 0.967. The molecule has 3 aromatic rings. The number of benzene rings is 2. The summed E-state index contributed by atoms with van der Waals surface area (Å²) in [4.78, 5) is 9.17. The van der Waals surface area contributed by atoms with E-state index in [9.17, 15) is 0 Å². The summed E-state index contributed by atoms with van der Waals surface area (Å²) in [6.45, 7) is 6.98. The summed E-state index contributed by atoms with van der Waals surface area (Å²) < 4.78 is 0. The van der Waals surface area contributed by atoms with Gasteiger partial charge in [-0.2, -0.15) is 4.98 Å². The first-order valence-electron chi connectivity index (χ1n) is 8.64. The Kier molecular flexibility index (Phi) is 5.29. The van der Waals surface area contributed by atoms with Gasteiger partial charge in [0, 0.05) is 24.0 Å². The highest BCUT2D eigenvalue weighted by molar-refractivity contribution is 5.64. The van der Waals surface area contributed by atoms with Crippen LogP contribution in [0.4, 0.5) is 17.5 Å². The molecule has 0 aliphatic heterocycles. The molecule has 3 rings (SSSR count). The Morgan fingerprint density at radius 1 is 0.920 bits per heavy atom. The van der Waals surface area contributed by atoms with Gasteiger partial charge in [0.25, 0.3) is 0 Å². The highest BCUT2D eigenvalue weighted by Gasteiger charge is 2.08. The summed E-state index contributed by atoms with van der Waals surface area (Å²) >= 11 is 0. The minimum absolute atomic E-state index is 0.625. The third-order valence-corrected chi connectivity index (χ3v) is 4.15. The monoisotopic (exact) mass is 332 g/mol. The van der Waals surface area contributed by atoms with Crippen molar-refractivity contribution in [3.63, 3.8) is 0 Å². The van der Waals surface area contributed by atoms with E-state index < -0.39 is 0 Å².